The molecule has 0 bridgehead atoms. The van der Waals surface area contributed by atoms with Crippen LogP contribution >= 0.6 is 27.5 Å². The Labute approximate surface area is 107 Å². The summed E-state index contributed by atoms with van der Waals surface area (Å²) in [5, 5.41) is 3.91. The Kier molecular flexibility index (Phi) is 3.74. The quantitative estimate of drug-likeness (QED) is 0.942. The lowest BCUT2D eigenvalue weighted by Crippen LogP contribution is -2.01. The smallest absolute Gasteiger partial charge is 0.115 e. The molecule has 1 aromatic heterocycles. The van der Waals surface area contributed by atoms with E-state index in [4.69, 9.17) is 11.6 Å². The van der Waals surface area contributed by atoms with Crippen LogP contribution in [0.25, 0.3) is 0 Å². The maximum Gasteiger partial charge on any atom is 0.115 e. The summed E-state index contributed by atoms with van der Waals surface area (Å²) in [6.45, 7) is 0.624. The van der Waals surface area contributed by atoms with Crippen molar-refractivity contribution in [1.82, 2.24) is 9.97 Å². The average Bonchev–Trinajstić information content (AvgIpc) is 2.32. The summed E-state index contributed by atoms with van der Waals surface area (Å²) >= 11 is 9.44. The molecule has 1 aromatic carbocycles. The number of hydrogen-bond donors (Lipinski definition) is 1. The van der Waals surface area contributed by atoms with Gasteiger partial charge in [0.15, 0.2) is 0 Å². The highest BCUT2D eigenvalue weighted by Crippen LogP contribution is 2.25. The van der Waals surface area contributed by atoms with Crippen LogP contribution < -0.4 is 5.32 Å². The summed E-state index contributed by atoms with van der Waals surface area (Å²) in [6, 6.07) is 7.54. The third-order valence-electron chi connectivity index (χ3n) is 2.03. The van der Waals surface area contributed by atoms with Gasteiger partial charge in [-0.05, 0) is 24.3 Å². The van der Waals surface area contributed by atoms with E-state index in [1.54, 1.807) is 6.20 Å². The average molecular weight is 299 g/mol. The molecule has 0 amide bonds. The van der Waals surface area contributed by atoms with Crippen LogP contribution in [0.2, 0.25) is 5.02 Å². The van der Waals surface area contributed by atoms with Crippen LogP contribution in [-0.4, -0.2) is 9.97 Å². The molecule has 82 valence electrons. The zero-order chi connectivity index (χ0) is 11.4. The zero-order valence-corrected chi connectivity index (χ0v) is 10.7. The number of benzene rings is 1. The molecule has 1 N–H and O–H groups in total. The predicted octanol–water partition coefficient (Wildman–Crippen LogP) is 3.50. The van der Waals surface area contributed by atoms with Gasteiger partial charge in [-0.2, -0.15) is 0 Å². The Morgan fingerprint density at radius 3 is 2.94 bits per heavy atom. The van der Waals surface area contributed by atoms with Crippen molar-refractivity contribution in [2.24, 2.45) is 0 Å². The van der Waals surface area contributed by atoms with Gasteiger partial charge in [-0.25, -0.2) is 9.97 Å². The fraction of sp³-hybridized carbons (Fsp3) is 0.0909. The van der Waals surface area contributed by atoms with Crippen molar-refractivity contribution in [2.45, 2.75) is 6.54 Å². The van der Waals surface area contributed by atoms with Gasteiger partial charge >= 0.3 is 0 Å². The maximum absolute atomic E-state index is 6.05. The number of anilines is 1. The van der Waals surface area contributed by atoms with Crippen LogP contribution in [0.5, 0.6) is 0 Å². The molecule has 3 nitrogen and oxygen atoms in total. The number of rotatable bonds is 3. The van der Waals surface area contributed by atoms with Crippen LogP contribution in [0.4, 0.5) is 5.69 Å². The number of aromatic nitrogens is 2. The first-order valence-corrected chi connectivity index (χ1v) is 5.86. The minimum Gasteiger partial charge on any atom is -0.378 e. The summed E-state index contributed by atoms with van der Waals surface area (Å²) < 4.78 is 0.988. The molecule has 2 aromatic rings. The highest BCUT2D eigenvalue weighted by Gasteiger charge is 2.01. The van der Waals surface area contributed by atoms with Crippen molar-refractivity contribution in [3.05, 3.63) is 52.0 Å². The van der Waals surface area contributed by atoms with Gasteiger partial charge in [0.1, 0.15) is 6.33 Å². The number of nitrogens with one attached hydrogen (secondary N) is 1. The maximum atomic E-state index is 6.05. The molecule has 5 heteroatoms. The monoisotopic (exact) mass is 297 g/mol. The van der Waals surface area contributed by atoms with Gasteiger partial charge < -0.3 is 5.32 Å². The molecule has 0 aliphatic rings. The van der Waals surface area contributed by atoms with Crippen LogP contribution in [0.15, 0.2) is 41.3 Å². The Hall–Kier alpha value is -1.13. The molecule has 0 saturated heterocycles. The molecule has 2 rings (SSSR count). The minimum atomic E-state index is 0.624. The van der Waals surface area contributed by atoms with Crippen LogP contribution in [0.1, 0.15) is 5.69 Å². The third kappa shape index (κ3) is 2.93. The van der Waals surface area contributed by atoms with Gasteiger partial charge in [0.05, 0.1) is 22.9 Å². The first kappa shape index (κ1) is 11.4. The number of hydrogen-bond acceptors (Lipinski definition) is 3. The molecule has 0 spiro atoms. The SMILES string of the molecule is Clc1ccc(Br)cc1NCc1ccncn1. The highest BCUT2D eigenvalue weighted by atomic mass is 79.9. The van der Waals surface area contributed by atoms with Crippen molar-refractivity contribution < 1.29 is 0 Å². The van der Waals surface area contributed by atoms with Crippen molar-refractivity contribution in [2.75, 3.05) is 5.32 Å². The third-order valence-corrected chi connectivity index (χ3v) is 2.85. The van der Waals surface area contributed by atoms with Gasteiger partial charge in [0.2, 0.25) is 0 Å². The van der Waals surface area contributed by atoms with E-state index in [0.29, 0.717) is 11.6 Å². The van der Waals surface area contributed by atoms with E-state index >= 15 is 0 Å². The largest absolute Gasteiger partial charge is 0.378 e. The Balaban J connectivity index is 2.08. The van der Waals surface area contributed by atoms with Crippen LogP contribution in [0, 0.1) is 0 Å². The number of nitrogens with zero attached hydrogens (tertiary/aromatic N) is 2. The van der Waals surface area contributed by atoms with Gasteiger partial charge in [0.25, 0.3) is 0 Å². The molecule has 0 fully saturated rings. The second-order valence-corrected chi connectivity index (χ2v) is 4.50. The normalized spacial score (nSPS) is 10.1. The van der Waals surface area contributed by atoms with E-state index in [9.17, 15) is 0 Å². The molecule has 0 atom stereocenters. The van der Waals surface area contributed by atoms with Crippen molar-refractivity contribution in [1.29, 1.82) is 0 Å². The summed E-state index contributed by atoms with van der Waals surface area (Å²) in [4.78, 5) is 7.98. The van der Waals surface area contributed by atoms with E-state index in [1.807, 2.05) is 24.3 Å². The van der Waals surface area contributed by atoms with Gasteiger partial charge in [-0.3, -0.25) is 0 Å². The Bertz CT molecular complexity index is 476. The molecule has 0 aliphatic heterocycles. The lowest BCUT2D eigenvalue weighted by Gasteiger charge is -2.08. The summed E-state index contributed by atoms with van der Waals surface area (Å²) in [6.07, 6.45) is 3.24. The van der Waals surface area contributed by atoms with Gasteiger partial charge in [-0.1, -0.05) is 27.5 Å². The fourth-order valence-corrected chi connectivity index (χ4v) is 1.79. The summed E-state index contributed by atoms with van der Waals surface area (Å²) in [5.41, 5.74) is 1.81. The van der Waals surface area contributed by atoms with E-state index in [-0.39, 0.29) is 0 Å². The van der Waals surface area contributed by atoms with E-state index in [1.165, 1.54) is 6.33 Å². The van der Waals surface area contributed by atoms with E-state index < -0.39 is 0 Å². The molecule has 1 heterocycles. The fourth-order valence-electron chi connectivity index (χ4n) is 1.24. The van der Waals surface area contributed by atoms with Gasteiger partial charge in [-0.15, -0.1) is 0 Å². The number of halogens is 2. The lowest BCUT2D eigenvalue weighted by atomic mass is 10.3. The predicted molar refractivity (Wildman–Crippen MR) is 68.5 cm³/mol. The molecule has 16 heavy (non-hydrogen) atoms. The Morgan fingerprint density at radius 2 is 2.19 bits per heavy atom. The van der Waals surface area contributed by atoms with Crippen LogP contribution in [0.3, 0.4) is 0 Å². The lowest BCUT2D eigenvalue weighted by molar-refractivity contribution is 1.01. The molecule has 0 radical (unpaired) electrons. The van der Waals surface area contributed by atoms with Crippen molar-refractivity contribution in [3.63, 3.8) is 0 Å². The first-order chi connectivity index (χ1) is 7.75. The summed E-state index contributed by atoms with van der Waals surface area (Å²) in [7, 11) is 0. The van der Waals surface area contributed by atoms with Crippen molar-refractivity contribution >= 4 is 33.2 Å². The zero-order valence-electron chi connectivity index (χ0n) is 8.32. The standard InChI is InChI=1S/C11H9BrClN3/c12-8-1-2-10(13)11(5-8)15-6-9-3-4-14-7-16-9/h1-5,7,15H,6H2. The molecule has 0 aliphatic carbocycles. The molecular weight excluding hydrogens is 289 g/mol. The topological polar surface area (TPSA) is 37.8 Å². The van der Waals surface area contributed by atoms with E-state index in [2.05, 4.69) is 31.2 Å². The second kappa shape index (κ2) is 5.27. The second-order valence-electron chi connectivity index (χ2n) is 3.18. The molecule has 0 saturated carbocycles. The van der Waals surface area contributed by atoms with Crippen LogP contribution in [-0.2, 0) is 6.54 Å². The molecular formula is C11H9BrClN3. The van der Waals surface area contributed by atoms with Crippen molar-refractivity contribution in [3.8, 4) is 0 Å². The first-order valence-electron chi connectivity index (χ1n) is 4.69. The Morgan fingerprint density at radius 1 is 1.31 bits per heavy atom. The summed E-state index contributed by atoms with van der Waals surface area (Å²) in [5.74, 6) is 0. The van der Waals surface area contributed by atoms with E-state index in [0.717, 1.165) is 15.9 Å². The minimum absolute atomic E-state index is 0.624. The van der Waals surface area contributed by atoms with Gasteiger partial charge in [0, 0.05) is 10.7 Å². The highest BCUT2D eigenvalue weighted by molar-refractivity contribution is 9.10. The molecule has 0 unspecified atom stereocenters.